The van der Waals surface area contributed by atoms with E-state index in [4.69, 9.17) is 4.42 Å². The van der Waals surface area contributed by atoms with Crippen molar-refractivity contribution in [2.45, 2.75) is 39.2 Å². The summed E-state index contributed by atoms with van der Waals surface area (Å²) in [4.78, 5) is 15.2. The highest BCUT2D eigenvalue weighted by atomic mass is 16.3. The van der Waals surface area contributed by atoms with Gasteiger partial charge >= 0.3 is 0 Å². The molecule has 0 N–H and O–H groups in total. The van der Waals surface area contributed by atoms with E-state index < -0.39 is 0 Å². The number of piperidine rings is 1. The molecule has 0 unspecified atom stereocenters. The Bertz CT molecular complexity index is 938. The van der Waals surface area contributed by atoms with Crippen molar-refractivity contribution >= 4 is 16.9 Å². The molecule has 1 amide bonds. The Morgan fingerprint density at radius 3 is 2.84 bits per heavy atom. The van der Waals surface area contributed by atoms with Gasteiger partial charge < -0.3 is 9.32 Å². The number of fused-ring (bicyclic) bond motifs is 1. The first-order chi connectivity index (χ1) is 12.0. The first kappa shape index (κ1) is 15.9. The van der Waals surface area contributed by atoms with Crippen LogP contribution in [0.5, 0.6) is 0 Å². The number of rotatable bonds is 2. The average molecular weight is 337 g/mol. The van der Waals surface area contributed by atoms with Crippen molar-refractivity contribution in [3.63, 3.8) is 0 Å². The molecular formula is C20H23N3O2. The number of aromatic nitrogens is 2. The Morgan fingerprint density at radius 1 is 1.24 bits per heavy atom. The van der Waals surface area contributed by atoms with Gasteiger partial charge in [0.2, 0.25) is 0 Å². The van der Waals surface area contributed by atoms with Gasteiger partial charge in [0.15, 0.2) is 5.76 Å². The van der Waals surface area contributed by atoms with E-state index in [1.165, 1.54) is 0 Å². The van der Waals surface area contributed by atoms with Gasteiger partial charge in [-0.25, -0.2) is 0 Å². The summed E-state index contributed by atoms with van der Waals surface area (Å²) in [6.45, 7) is 4.74. The van der Waals surface area contributed by atoms with Gasteiger partial charge in [0.25, 0.3) is 5.91 Å². The highest BCUT2D eigenvalue weighted by Gasteiger charge is 2.32. The third-order valence-electron chi connectivity index (χ3n) is 5.13. The van der Waals surface area contributed by atoms with Crippen molar-refractivity contribution in [3.05, 3.63) is 53.0 Å². The predicted octanol–water partition coefficient (Wildman–Crippen LogP) is 4.15. The van der Waals surface area contributed by atoms with Crippen LogP contribution in [0.4, 0.5) is 0 Å². The maximum atomic E-state index is 13.3. The van der Waals surface area contributed by atoms with Gasteiger partial charge in [-0.2, -0.15) is 5.10 Å². The molecule has 4 rings (SSSR count). The largest absolute Gasteiger partial charge is 0.451 e. The molecule has 0 aliphatic carbocycles. The number of aryl methyl sites for hydroxylation is 3. The van der Waals surface area contributed by atoms with E-state index in [9.17, 15) is 4.79 Å². The molecule has 1 saturated heterocycles. The molecule has 1 atom stereocenters. The topological polar surface area (TPSA) is 51.3 Å². The van der Waals surface area contributed by atoms with Gasteiger partial charge in [0.05, 0.1) is 11.7 Å². The Morgan fingerprint density at radius 2 is 2.08 bits per heavy atom. The van der Waals surface area contributed by atoms with Crippen molar-refractivity contribution < 1.29 is 9.21 Å². The molecule has 2 aromatic heterocycles. The van der Waals surface area contributed by atoms with Gasteiger partial charge in [-0.05, 0) is 50.8 Å². The van der Waals surface area contributed by atoms with Crippen molar-refractivity contribution in [3.8, 4) is 0 Å². The van der Waals surface area contributed by atoms with Crippen LogP contribution in [0.2, 0.25) is 0 Å². The Balaban J connectivity index is 1.72. The second-order valence-corrected chi connectivity index (χ2v) is 6.98. The minimum absolute atomic E-state index is 0.0248. The normalized spacial score (nSPS) is 18.0. The molecule has 0 spiro atoms. The van der Waals surface area contributed by atoms with Crippen LogP contribution in [0.15, 0.2) is 34.9 Å². The summed E-state index contributed by atoms with van der Waals surface area (Å²) in [5.41, 5.74) is 3.79. The van der Waals surface area contributed by atoms with E-state index in [1.807, 2.05) is 50.2 Å². The molecule has 0 bridgehead atoms. The number of hydrogen-bond donors (Lipinski definition) is 0. The van der Waals surface area contributed by atoms with Crippen LogP contribution in [0.1, 0.15) is 52.7 Å². The highest BCUT2D eigenvalue weighted by Crippen LogP contribution is 2.34. The molecule has 1 aliphatic rings. The first-order valence-corrected chi connectivity index (χ1v) is 8.85. The van der Waals surface area contributed by atoms with Crippen LogP contribution < -0.4 is 0 Å². The maximum absolute atomic E-state index is 13.3. The molecule has 1 aromatic carbocycles. The number of carbonyl (C=O) groups is 1. The van der Waals surface area contributed by atoms with Crippen LogP contribution in [0.3, 0.4) is 0 Å². The van der Waals surface area contributed by atoms with Crippen molar-refractivity contribution in [1.29, 1.82) is 0 Å². The Kier molecular flexibility index (Phi) is 3.86. The maximum Gasteiger partial charge on any atom is 0.290 e. The molecule has 3 aromatic rings. The third-order valence-corrected chi connectivity index (χ3v) is 5.13. The molecular weight excluding hydrogens is 314 g/mol. The Hall–Kier alpha value is -2.56. The summed E-state index contributed by atoms with van der Waals surface area (Å²) in [5, 5.41) is 5.54. The van der Waals surface area contributed by atoms with E-state index in [-0.39, 0.29) is 11.9 Å². The number of carbonyl (C=O) groups excluding carboxylic acids is 1. The molecule has 1 aliphatic heterocycles. The lowest BCUT2D eigenvalue weighted by Gasteiger charge is -2.34. The summed E-state index contributed by atoms with van der Waals surface area (Å²) in [6, 6.07) is 8.11. The van der Waals surface area contributed by atoms with Crippen molar-refractivity contribution in [2.24, 2.45) is 7.05 Å². The second-order valence-electron chi connectivity index (χ2n) is 6.98. The minimum Gasteiger partial charge on any atom is -0.451 e. The van der Waals surface area contributed by atoms with Crippen LogP contribution in [0.25, 0.3) is 11.0 Å². The molecule has 0 saturated carbocycles. The van der Waals surface area contributed by atoms with Crippen LogP contribution in [0, 0.1) is 13.8 Å². The molecule has 0 radical (unpaired) electrons. The lowest BCUT2D eigenvalue weighted by molar-refractivity contribution is 0.0574. The number of likely N-dealkylation sites (tertiary alicyclic amines) is 1. The van der Waals surface area contributed by atoms with Crippen molar-refractivity contribution in [1.82, 2.24) is 14.7 Å². The van der Waals surface area contributed by atoms with Crippen LogP contribution in [-0.2, 0) is 7.05 Å². The fourth-order valence-electron chi connectivity index (χ4n) is 3.76. The summed E-state index contributed by atoms with van der Waals surface area (Å²) >= 11 is 0. The standard InChI is InChI=1S/C20H23N3O2/c1-13-7-8-15-14(2)19(25-18(15)12-13)20(24)23-10-5-4-6-17(23)16-9-11-22(3)21-16/h7-9,11-12,17H,4-6,10H2,1-3H3/t17-/m0/s1. The summed E-state index contributed by atoms with van der Waals surface area (Å²) in [6.07, 6.45) is 5.01. The van der Waals surface area contributed by atoms with E-state index in [1.54, 1.807) is 4.68 Å². The quantitative estimate of drug-likeness (QED) is 0.706. The molecule has 130 valence electrons. The smallest absolute Gasteiger partial charge is 0.290 e. The molecule has 5 nitrogen and oxygen atoms in total. The SMILES string of the molecule is Cc1ccc2c(C)c(C(=O)N3CCCC[C@H]3c3ccn(C)n3)oc2c1. The monoisotopic (exact) mass is 337 g/mol. The zero-order valence-corrected chi connectivity index (χ0v) is 15.0. The van der Waals surface area contributed by atoms with E-state index >= 15 is 0 Å². The number of amides is 1. The first-order valence-electron chi connectivity index (χ1n) is 8.85. The van der Waals surface area contributed by atoms with Gasteiger partial charge in [0, 0.05) is 30.7 Å². The van der Waals surface area contributed by atoms with E-state index in [2.05, 4.69) is 11.2 Å². The van der Waals surface area contributed by atoms with Crippen LogP contribution >= 0.6 is 0 Å². The van der Waals surface area contributed by atoms with Gasteiger partial charge in [0.1, 0.15) is 5.58 Å². The number of hydrogen-bond acceptors (Lipinski definition) is 3. The molecule has 1 fully saturated rings. The summed E-state index contributed by atoms with van der Waals surface area (Å²) < 4.78 is 7.76. The fourth-order valence-corrected chi connectivity index (χ4v) is 3.76. The molecule has 5 heteroatoms. The van der Waals surface area contributed by atoms with E-state index in [0.29, 0.717) is 5.76 Å². The number of nitrogens with zero attached hydrogens (tertiary/aromatic N) is 3. The summed E-state index contributed by atoms with van der Waals surface area (Å²) in [7, 11) is 1.91. The fraction of sp³-hybridized carbons (Fsp3) is 0.400. The Labute approximate surface area is 147 Å². The second kappa shape index (κ2) is 6.06. The minimum atomic E-state index is -0.0262. The number of furan rings is 1. The van der Waals surface area contributed by atoms with Crippen LogP contribution in [-0.4, -0.2) is 27.1 Å². The zero-order chi connectivity index (χ0) is 17.6. The van der Waals surface area contributed by atoms with Crippen molar-refractivity contribution in [2.75, 3.05) is 6.54 Å². The molecule has 3 heterocycles. The lowest BCUT2D eigenvalue weighted by atomic mass is 9.98. The average Bonchev–Trinajstić information content (AvgIpc) is 3.18. The van der Waals surface area contributed by atoms with Gasteiger partial charge in [-0.15, -0.1) is 0 Å². The predicted molar refractivity (Wildman–Crippen MR) is 96.5 cm³/mol. The molecule has 25 heavy (non-hydrogen) atoms. The van der Waals surface area contributed by atoms with Gasteiger partial charge in [-0.1, -0.05) is 12.1 Å². The lowest BCUT2D eigenvalue weighted by Crippen LogP contribution is -2.38. The third kappa shape index (κ3) is 2.73. The van der Waals surface area contributed by atoms with E-state index in [0.717, 1.165) is 53.6 Å². The number of benzene rings is 1. The summed E-state index contributed by atoms with van der Waals surface area (Å²) in [5.74, 6) is 0.435. The van der Waals surface area contributed by atoms with Gasteiger partial charge in [-0.3, -0.25) is 9.48 Å². The highest BCUT2D eigenvalue weighted by molar-refractivity contribution is 5.99. The zero-order valence-electron chi connectivity index (χ0n) is 15.0.